The second-order valence-electron chi connectivity index (χ2n) is 4.35. The molecule has 106 valence electrons. The molecule has 5 heteroatoms. The zero-order valence-corrected chi connectivity index (χ0v) is 13.7. The molecule has 1 atom stereocenters. The highest BCUT2D eigenvalue weighted by Gasteiger charge is 2.13. The first-order valence-corrected chi connectivity index (χ1v) is 8.00. The normalized spacial score (nSPS) is 12.4. The van der Waals surface area contributed by atoms with E-state index in [2.05, 4.69) is 30.2 Å². The third-order valence-electron chi connectivity index (χ3n) is 2.88. The number of benzene rings is 1. The molecule has 0 saturated carbocycles. The van der Waals surface area contributed by atoms with Gasteiger partial charge in [-0.15, -0.1) is 0 Å². The molecule has 0 saturated heterocycles. The second-order valence-corrected chi connectivity index (χ2v) is 6.23. The Morgan fingerprint density at radius 2 is 2.10 bits per heavy atom. The fraction of sp³-hybridized carbons (Fsp3) is 0.267. The molecule has 1 aromatic carbocycles. The Kier molecular flexibility index (Phi) is 5.73. The average Bonchev–Trinajstić information content (AvgIpc) is 2.44. The van der Waals surface area contributed by atoms with Gasteiger partial charge in [0.05, 0.1) is 5.02 Å². The van der Waals surface area contributed by atoms with Crippen LogP contribution in [0.3, 0.4) is 0 Å². The lowest BCUT2D eigenvalue weighted by Crippen LogP contribution is -2.18. The molecular weight excluding hydrogens is 311 g/mol. The molecular formula is C15H16Cl2N2S. The van der Waals surface area contributed by atoms with Gasteiger partial charge in [-0.25, -0.2) is 4.98 Å². The van der Waals surface area contributed by atoms with Gasteiger partial charge in [0, 0.05) is 27.7 Å². The van der Waals surface area contributed by atoms with E-state index >= 15 is 0 Å². The Bertz CT molecular complexity index is 590. The van der Waals surface area contributed by atoms with Crippen molar-refractivity contribution < 1.29 is 0 Å². The second kappa shape index (κ2) is 7.32. The summed E-state index contributed by atoms with van der Waals surface area (Å²) in [5.74, 6) is 0. The largest absolute Gasteiger partial charge is 0.310 e. The number of hydrogen-bond acceptors (Lipinski definition) is 3. The number of aromatic nitrogens is 1. The van der Waals surface area contributed by atoms with Crippen molar-refractivity contribution in [3.8, 4) is 0 Å². The molecule has 2 nitrogen and oxygen atoms in total. The van der Waals surface area contributed by atoms with Crippen molar-refractivity contribution in [1.82, 2.24) is 10.3 Å². The third kappa shape index (κ3) is 3.89. The molecule has 0 radical (unpaired) electrons. The first-order valence-electron chi connectivity index (χ1n) is 6.43. The average molecular weight is 327 g/mol. The molecule has 0 aliphatic heterocycles. The minimum absolute atomic E-state index is 0.245. The van der Waals surface area contributed by atoms with Crippen molar-refractivity contribution >= 4 is 35.0 Å². The standard InChI is InChI=1S/C15H16Cl2N2S/c1-3-18-10(2)12-5-4-8-19-15(12)20-14-9-11(16)6-7-13(14)17/h4-10,18H,3H2,1-2H3. The molecule has 1 heterocycles. The quantitative estimate of drug-likeness (QED) is 0.816. The van der Waals surface area contributed by atoms with Gasteiger partial charge in [-0.2, -0.15) is 0 Å². The van der Waals surface area contributed by atoms with Crippen molar-refractivity contribution in [2.24, 2.45) is 0 Å². The zero-order chi connectivity index (χ0) is 14.5. The molecule has 0 aliphatic rings. The number of nitrogens with zero attached hydrogens (tertiary/aromatic N) is 1. The van der Waals surface area contributed by atoms with Gasteiger partial charge in [0.1, 0.15) is 5.03 Å². The number of rotatable bonds is 5. The van der Waals surface area contributed by atoms with Crippen molar-refractivity contribution in [3.05, 3.63) is 52.1 Å². The molecule has 1 aromatic heterocycles. The minimum Gasteiger partial charge on any atom is -0.310 e. The van der Waals surface area contributed by atoms with Crippen LogP contribution < -0.4 is 5.32 Å². The lowest BCUT2D eigenvalue weighted by molar-refractivity contribution is 0.585. The van der Waals surface area contributed by atoms with Crippen LogP contribution in [0.5, 0.6) is 0 Å². The highest BCUT2D eigenvalue weighted by atomic mass is 35.5. The molecule has 0 spiro atoms. The summed E-state index contributed by atoms with van der Waals surface area (Å²) >= 11 is 13.8. The monoisotopic (exact) mass is 326 g/mol. The number of pyridine rings is 1. The van der Waals surface area contributed by atoms with Gasteiger partial charge in [-0.05, 0) is 37.7 Å². The van der Waals surface area contributed by atoms with Gasteiger partial charge in [0.25, 0.3) is 0 Å². The molecule has 1 unspecified atom stereocenters. The van der Waals surface area contributed by atoms with Crippen LogP contribution >= 0.6 is 35.0 Å². The van der Waals surface area contributed by atoms with Crippen molar-refractivity contribution in [2.75, 3.05) is 6.54 Å². The van der Waals surface area contributed by atoms with Crippen LogP contribution in [0.4, 0.5) is 0 Å². The molecule has 0 amide bonds. The van der Waals surface area contributed by atoms with Gasteiger partial charge < -0.3 is 5.32 Å². The van der Waals surface area contributed by atoms with Crippen molar-refractivity contribution in [2.45, 2.75) is 29.8 Å². The number of hydrogen-bond donors (Lipinski definition) is 1. The van der Waals surface area contributed by atoms with Crippen LogP contribution in [0.2, 0.25) is 10.0 Å². The lowest BCUT2D eigenvalue weighted by Gasteiger charge is -2.16. The smallest absolute Gasteiger partial charge is 0.106 e. The maximum Gasteiger partial charge on any atom is 0.106 e. The zero-order valence-electron chi connectivity index (χ0n) is 11.4. The van der Waals surface area contributed by atoms with Crippen LogP contribution in [0.15, 0.2) is 46.5 Å². The minimum atomic E-state index is 0.245. The number of halogens is 2. The van der Waals surface area contributed by atoms with Gasteiger partial charge >= 0.3 is 0 Å². The van der Waals surface area contributed by atoms with E-state index in [1.54, 1.807) is 24.0 Å². The van der Waals surface area contributed by atoms with Gasteiger partial charge in [0.2, 0.25) is 0 Å². The summed E-state index contributed by atoms with van der Waals surface area (Å²) in [4.78, 5) is 5.39. The summed E-state index contributed by atoms with van der Waals surface area (Å²) in [6.07, 6.45) is 1.79. The Balaban J connectivity index is 2.31. The van der Waals surface area contributed by atoms with Crippen LogP contribution in [-0.2, 0) is 0 Å². The van der Waals surface area contributed by atoms with Crippen LogP contribution in [-0.4, -0.2) is 11.5 Å². The maximum atomic E-state index is 6.22. The fourth-order valence-electron chi connectivity index (χ4n) is 1.89. The van der Waals surface area contributed by atoms with E-state index in [0.717, 1.165) is 22.0 Å². The van der Waals surface area contributed by atoms with E-state index in [0.29, 0.717) is 10.0 Å². The van der Waals surface area contributed by atoms with E-state index in [1.807, 2.05) is 18.2 Å². The van der Waals surface area contributed by atoms with E-state index in [1.165, 1.54) is 0 Å². The van der Waals surface area contributed by atoms with E-state index in [9.17, 15) is 0 Å². The maximum absolute atomic E-state index is 6.22. The molecule has 0 aliphatic carbocycles. The lowest BCUT2D eigenvalue weighted by atomic mass is 10.1. The molecule has 2 rings (SSSR count). The SMILES string of the molecule is CCNC(C)c1cccnc1Sc1cc(Cl)ccc1Cl. The van der Waals surface area contributed by atoms with Gasteiger partial charge in [-0.3, -0.25) is 0 Å². The van der Waals surface area contributed by atoms with E-state index in [4.69, 9.17) is 23.2 Å². The molecule has 20 heavy (non-hydrogen) atoms. The Morgan fingerprint density at radius 3 is 2.85 bits per heavy atom. The summed E-state index contributed by atoms with van der Waals surface area (Å²) in [5, 5.41) is 5.71. The highest BCUT2D eigenvalue weighted by Crippen LogP contribution is 2.36. The Morgan fingerprint density at radius 1 is 1.30 bits per heavy atom. The number of nitrogens with one attached hydrogen (secondary N) is 1. The topological polar surface area (TPSA) is 24.9 Å². The third-order valence-corrected chi connectivity index (χ3v) is 4.65. The Hall–Kier alpha value is -0.740. The first-order chi connectivity index (χ1) is 9.61. The summed E-state index contributed by atoms with van der Waals surface area (Å²) in [6.45, 7) is 5.13. The van der Waals surface area contributed by atoms with E-state index < -0.39 is 0 Å². The van der Waals surface area contributed by atoms with Crippen molar-refractivity contribution in [3.63, 3.8) is 0 Å². The summed E-state index contributed by atoms with van der Waals surface area (Å²) in [7, 11) is 0. The summed E-state index contributed by atoms with van der Waals surface area (Å²) in [5.41, 5.74) is 1.16. The van der Waals surface area contributed by atoms with Gasteiger partial charge in [0.15, 0.2) is 0 Å². The molecule has 2 aromatic rings. The van der Waals surface area contributed by atoms with Crippen LogP contribution in [0, 0.1) is 0 Å². The Labute approximate surface area is 133 Å². The van der Waals surface area contributed by atoms with Crippen LogP contribution in [0.25, 0.3) is 0 Å². The predicted octanol–water partition coefficient (Wildman–Crippen LogP) is 5.21. The molecule has 0 bridgehead atoms. The molecule has 0 fully saturated rings. The highest BCUT2D eigenvalue weighted by molar-refractivity contribution is 7.99. The summed E-state index contributed by atoms with van der Waals surface area (Å²) < 4.78 is 0. The van der Waals surface area contributed by atoms with Crippen molar-refractivity contribution in [1.29, 1.82) is 0 Å². The predicted molar refractivity (Wildman–Crippen MR) is 86.9 cm³/mol. The summed E-state index contributed by atoms with van der Waals surface area (Å²) in [6, 6.07) is 9.74. The van der Waals surface area contributed by atoms with E-state index in [-0.39, 0.29) is 6.04 Å². The fourth-order valence-corrected chi connectivity index (χ4v) is 3.40. The molecule has 1 N–H and O–H groups in total. The van der Waals surface area contributed by atoms with Crippen LogP contribution in [0.1, 0.15) is 25.5 Å². The van der Waals surface area contributed by atoms with Gasteiger partial charge in [-0.1, -0.05) is 48.0 Å². The first kappa shape index (κ1) is 15.6.